The number of aromatic nitrogens is 2. The number of nitrogens with one attached hydrogen (secondary N) is 1. The van der Waals surface area contributed by atoms with E-state index in [-0.39, 0.29) is 17.9 Å². The largest absolute Gasteiger partial charge is 0.372 e. The third-order valence-electron chi connectivity index (χ3n) is 3.96. The fourth-order valence-corrected chi connectivity index (χ4v) is 2.81. The van der Waals surface area contributed by atoms with E-state index >= 15 is 0 Å². The Morgan fingerprint density at radius 2 is 2.05 bits per heavy atom. The molecule has 22 heavy (non-hydrogen) atoms. The number of nitro groups is 1. The molecule has 1 aromatic rings. The summed E-state index contributed by atoms with van der Waals surface area (Å²) in [6.45, 7) is 5.83. The van der Waals surface area contributed by atoms with Crippen molar-refractivity contribution in [3.8, 4) is 0 Å². The first kappa shape index (κ1) is 15.0. The van der Waals surface area contributed by atoms with Gasteiger partial charge in [-0.2, -0.15) is 0 Å². The first-order valence-corrected chi connectivity index (χ1v) is 7.68. The van der Waals surface area contributed by atoms with Crippen LogP contribution >= 0.6 is 0 Å². The summed E-state index contributed by atoms with van der Waals surface area (Å²) >= 11 is 0. The van der Waals surface area contributed by atoms with Gasteiger partial charge in [-0.15, -0.1) is 0 Å². The SMILES string of the molecule is CC1CN(c2ncnc(NCC3CC3)c2[N+](=O)[O-])CC(C)O1. The Kier molecular flexibility index (Phi) is 4.10. The maximum atomic E-state index is 11.5. The Bertz CT molecular complexity index is 553. The van der Waals surface area contributed by atoms with Gasteiger partial charge >= 0.3 is 5.69 Å². The lowest BCUT2D eigenvalue weighted by Gasteiger charge is -2.35. The van der Waals surface area contributed by atoms with Crippen LogP contribution in [-0.4, -0.2) is 46.7 Å². The van der Waals surface area contributed by atoms with Crippen LogP contribution in [0.5, 0.6) is 0 Å². The highest BCUT2D eigenvalue weighted by atomic mass is 16.6. The summed E-state index contributed by atoms with van der Waals surface area (Å²) in [6.07, 6.45) is 3.78. The number of ether oxygens (including phenoxy) is 1. The van der Waals surface area contributed by atoms with E-state index in [2.05, 4.69) is 15.3 Å². The van der Waals surface area contributed by atoms with Crippen molar-refractivity contribution in [2.45, 2.75) is 38.9 Å². The molecule has 1 aliphatic heterocycles. The zero-order valence-corrected chi connectivity index (χ0v) is 12.9. The second-order valence-corrected chi connectivity index (χ2v) is 6.14. The van der Waals surface area contributed by atoms with Crippen LogP contribution in [0.25, 0.3) is 0 Å². The van der Waals surface area contributed by atoms with Crippen LogP contribution in [0.1, 0.15) is 26.7 Å². The molecule has 0 bridgehead atoms. The van der Waals surface area contributed by atoms with Crippen molar-refractivity contribution in [2.75, 3.05) is 29.9 Å². The summed E-state index contributed by atoms with van der Waals surface area (Å²) in [5.41, 5.74) is -0.0375. The van der Waals surface area contributed by atoms with Gasteiger partial charge in [0.2, 0.25) is 11.6 Å². The average Bonchev–Trinajstić information content (AvgIpc) is 3.27. The Balaban J connectivity index is 1.88. The first-order valence-electron chi connectivity index (χ1n) is 7.68. The maximum absolute atomic E-state index is 11.5. The van der Waals surface area contributed by atoms with Crippen LogP contribution in [0.15, 0.2) is 6.33 Å². The van der Waals surface area contributed by atoms with E-state index in [4.69, 9.17) is 4.74 Å². The van der Waals surface area contributed by atoms with Crippen LogP contribution in [0, 0.1) is 16.0 Å². The molecule has 1 N–H and O–H groups in total. The average molecular weight is 307 g/mol. The molecule has 1 aliphatic carbocycles. The van der Waals surface area contributed by atoms with Crippen molar-refractivity contribution in [3.05, 3.63) is 16.4 Å². The van der Waals surface area contributed by atoms with E-state index in [1.165, 1.54) is 19.2 Å². The monoisotopic (exact) mass is 307 g/mol. The smallest absolute Gasteiger partial charge is 0.353 e. The van der Waals surface area contributed by atoms with E-state index < -0.39 is 4.92 Å². The van der Waals surface area contributed by atoms with Gasteiger partial charge in [-0.25, -0.2) is 9.97 Å². The van der Waals surface area contributed by atoms with E-state index in [0.29, 0.717) is 30.6 Å². The molecule has 2 atom stereocenters. The highest BCUT2D eigenvalue weighted by molar-refractivity contribution is 5.70. The minimum atomic E-state index is -0.393. The summed E-state index contributed by atoms with van der Waals surface area (Å²) in [4.78, 5) is 21.3. The van der Waals surface area contributed by atoms with E-state index in [0.717, 1.165) is 6.54 Å². The Hall–Kier alpha value is -1.96. The molecule has 120 valence electrons. The number of hydrogen-bond acceptors (Lipinski definition) is 7. The molecule has 3 rings (SSSR count). The van der Waals surface area contributed by atoms with Gasteiger partial charge < -0.3 is 15.0 Å². The molecular formula is C14H21N5O3. The molecule has 1 saturated carbocycles. The minimum Gasteiger partial charge on any atom is -0.372 e. The van der Waals surface area contributed by atoms with Gasteiger partial charge in [0.15, 0.2) is 0 Å². The third-order valence-corrected chi connectivity index (χ3v) is 3.96. The molecule has 2 fully saturated rings. The molecule has 1 aromatic heterocycles. The van der Waals surface area contributed by atoms with Crippen LogP contribution < -0.4 is 10.2 Å². The second kappa shape index (κ2) is 6.04. The lowest BCUT2D eigenvalue weighted by atomic mass is 10.2. The summed E-state index contributed by atoms with van der Waals surface area (Å²) in [5, 5.41) is 14.6. The zero-order chi connectivity index (χ0) is 15.7. The number of rotatable bonds is 5. The zero-order valence-electron chi connectivity index (χ0n) is 12.9. The van der Waals surface area contributed by atoms with Gasteiger partial charge in [0.1, 0.15) is 6.33 Å². The summed E-state index contributed by atoms with van der Waals surface area (Å²) in [6, 6.07) is 0. The summed E-state index contributed by atoms with van der Waals surface area (Å²) in [5.74, 6) is 1.30. The molecule has 2 heterocycles. The molecule has 2 aliphatic rings. The first-order chi connectivity index (χ1) is 10.5. The summed E-state index contributed by atoms with van der Waals surface area (Å²) < 4.78 is 5.69. The molecule has 0 radical (unpaired) electrons. The van der Waals surface area contributed by atoms with Crippen molar-refractivity contribution in [1.29, 1.82) is 0 Å². The van der Waals surface area contributed by atoms with Gasteiger partial charge in [-0.3, -0.25) is 10.1 Å². The molecule has 8 heteroatoms. The number of anilines is 2. The van der Waals surface area contributed by atoms with Crippen molar-refractivity contribution >= 4 is 17.3 Å². The van der Waals surface area contributed by atoms with Gasteiger partial charge in [-0.05, 0) is 32.6 Å². The Labute approximate surface area is 129 Å². The molecule has 8 nitrogen and oxygen atoms in total. The lowest BCUT2D eigenvalue weighted by Crippen LogP contribution is -2.46. The fraction of sp³-hybridized carbons (Fsp3) is 0.714. The van der Waals surface area contributed by atoms with Crippen molar-refractivity contribution in [2.24, 2.45) is 5.92 Å². The predicted molar refractivity (Wildman–Crippen MR) is 82.1 cm³/mol. The summed E-state index contributed by atoms with van der Waals surface area (Å²) in [7, 11) is 0. The lowest BCUT2D eigenvalue weighted by molar-refractivity contribution is -0.383. The van der Waals surface area contributed by atoms with Crippen LogP contribution in [0.2, 0.25) is 0 Å². The van der Waals surface area contributed by atoms with Gasteiger partial charge in [-0.1, -0.05) is 0 Å². The van der Waals surface area contributed by atoms with Crippen molar-refractivity contribution in [3.63, 3.8) is 0 Å². The molecule has 1 saturated heterocycles. The van der Waals surface area contributed by atoms with Gasteiger partial charge in [0.05, 0.1) is 17.1 Å². The third kappa shape index (κ3) is 3.27. The Morgan fingerprint density at radius 1 is 1.36 bits per heavy atom. The molecular weight excluding hydrogens is 286 g/mol. The van der Waals surface area contributed by atoms with Crippen LogP contribution in [-0.2, 0) is 4.74 Å². The van der Waals surface area contributed by atoms with Gasteiger partial charge in [0, 0.05) is 19.6 Å². The molecule has 0 spiro atoms. The number of nitrogens with zero attached hydrogens (tertiary/aromatic N) is 4. The maximum Gasteiger partial charge on any atom is 0.353 e. The van der Waals surface area contributed by atoms with Crippen LogP contribution in [0.3, 0.4) is 0 Å². The van der Waals surface area contributed by atoms with E-state index in [1.54, 1.807) is 0 Å². The molecule has 0 amide bonds. The highest BCUT2D eigenvalue weighted by Crippen LogP contribution is 2.35. The van der Waals surface area contributed by atoms with Crippen molar-refractivity contribution < 1.29 is 9.66 Å². The quantitative estimate of drug-likeness (QED) is 0.655. The fourth-order valence-electron chi connectivity index (χ4n) is 2.81. The predicted octanol–water partition coefficient (Wildman–Crippen LogP) is 1.82. The topological polar surface area (TPSA) is 93.4 Å². The second-order valence-electron chi connectivity index (χ2n) is 6.14. The van der Waals surface area contributed by atoms with E-state index in [9.17, 15) is 10.1 Å². The normalized spacial score (nSPS) is 25.1. The molecule has 0 aromatic carbocycles. The van der Waals surface area contributed by atoms with Crippen molar-refractivity contribution in [1.82, 2.24) is 9.97 Å². The van der Waals surface area contributed by atoms with E-state index in [1.807, 2.05) is 18.7 Å². The Morgan fingerprint density at radius 3 is 2.64 bits per heavy atom. The van der Waals surface area contributed by atoms with Gasteiger partial charge in [0.25, 0.3) is 0 Å². The highest BCUT2D eigenvalue weighted by Gasteiger charge is 2.32. The standard InChI is InChI=1S/C14H21N5O3/c1-9-6-18(7-10(2)22-9)14-12(19(20)21)13(16-8-17-14)15-5-11-3-4-11/h8-11H,3-7H2,1-2H3,(H,15,16,17). The minimum absolute atomic E-state index is 0.0150. The van der Waals surface area contributed by atoms with Crippen LogP contribution in [0.4, 0.5) is 17.3 Å². The number of morpholine rings is 1. The molecule has 2 unspecified atom stereocenters. The number of hydrogen-bond donors (Lipinski definition) is 1.